The number of rotatable bonds is 2. The molecule has 0 unspecified atom stereocenters. The van der Waals surface area contributed by atoms with Crippen LogP contribution < -0.4 is 0 Å². The molecule has 0 bridgehead atoms. The van der Waals surface area contributed by atoms with Crippen molar-refractivity contribution in [1.82, 2.24) is 0 Å². The molecule has 12 heavy (non-hydrogen) atoms. The summed E-state index contributed by atoms with van der Waals surface area (Å²) in [5.41, 5.74) is 1.53. The first-order valence-electron chi connectivity index (χ1n) is 4.35. The third-order valence-corrected chi connectivity index (χ3v) is 4.73. The second-order valence-electron chi connectivity index (χ2n) is 3.22. The molecule has 2 aliphatic rings. The molecule has 2 aliphatic carbocycles. The largest absolute Gasteiger partial charge is 1.00 e. The molecular formula is C11H14Ti-2. The predicted molar refractivity (Wildman–Crippen MR) is 50.5 cm³/mol. The fourth-order valence-electron chi connectivity index (χ4n) is 1.50. The first kappa shape index (κ1) is 8.28. The van der Waals surface area contributed by atoms with E-state index in [9.17, 15) is 0 Å². The second-order valence-corrected chi connectivity index (χ2v) is 5.55. The summed E-state index contributed by atoms with van der Waals surface area (Å²) in [5.74, 6) is 0. The van der Waals surface area contributed by atoms with Crippen LogP contribution in [0, 0.1) is 0 Å². The Morgan fingerprint density at radius 2 is 2.25 bits per heavy atom. The Labute approximate surface area is 85.6 Å². The van der Waals surface area contributed by atoms with Gasteiger partial charge in [0.05, 0.1) is 0 Å². The summed E-state index contributed by atoms with van der Waals surface area (Å²) in [6.07, 6.45) is 13.8. The summed E-state index contributed by atoms with van der Waals surface area (Å²) in [6.45, 7) is 2.24. The molecule has 64 valence electrons. The third-order valence-electron chi connectivity index (χ3n) is 2.25. The van der Waals surface area contributed by atoms with E-state index in [0.717, 1.165) is 0 Å². The van der Waals surface area contributed by atoms with Crippen LogP contribution >= 0.6 is 0 Å². The molecule has 0 amide bonds. The van der Waals surface area contributed by atoms with Gasteiger partial charge in [-0.1, -0.05) is 0 Å². The van der Waals surface area contributed by atoms with E-state index in [0.29, 0.717) is 0 Å². The van der Waals surface area contributed by atoms with Crippen LogP contribution in [0.1, 0.15) is 22.6 Å². The van der Waals surface area contributed by atoms with Gasteiger partial charge in [-0.15, -0.1) is 0 Å². The van der Waals surface area contributed by atoms with Crippen molar-refractivity contribution in [2.45, 2.75) is 19.8 Å². The van der Waals surface area contributed by atoms with Gasteiger partial charge in [-0.2, -0.15) is 0 Å². The minimum absolute atomic E-state index is 0. The smallest absolute Gasteiger partial charge is 1.00 e. The van der Waals surface area contributed by atoms with Crippen molar-refractivity contribution in [2.75, 3.05) is 0 Å². The van der Waals surface area contributed by atoms with E-state index in [1.165, 1.54) is 18.4 Å². The van der Waals surface area contributed by atoms with Crippen LogP contribution in [0.5, 0.6) is 0 Å². The SMILES string of the molecule is CC1=[C]([Ti][C]2=CC=CC2)CC=C1.[H-].[H-]. The quantitative estimate of drug-likeness (QED) is 0.591. The average molecular weight is 194 g/mol. The van der Waals surface area contributed by atoms with Gasteiger partial charge >= 0.3 is 82.6 Å². The molecule has 2 rings (SSSR count). The van der Waals surface area contributed by atoms with Gasteiger partial charge in [0.1, 0.15) is 0 Å². The van der Waals surface area contributed by atoms with Crippen molar-refractivity contribution >= 4 is 0 Å². The summed E-state index contributed by atoms with van der Waals surface area (Å²) in [4.78, 5) is 0. The minimum Gasteiger partial charge on any atom is -1.00 e. The van der Waals surface area contributed by atoms with E-state index < -0.39 is 0 Å². The Morgan fingerprint density at radius 1 is 1.33 bits per heavy atom. The van der Waals surface area contributed by atoms with Crippen LogP contribution in [0.25, 0.3) is 0 Å². The molecule has 0 spiro atoms. The van der Waals surface area contributed by atoms with Crippen LogP contribution in [-0.2, 0) is 19.2 Å². The van der Waals surface area contributed by atoms with Gasteiger partial charge < -0.3 is 2.85 Å². The zero-order valence-corrected chi connectivity index (χ0v) is 8.86. The molecular weight excluding hydrogens is 180 g/mol. The van der Waals surface area contributed by atoms with E-state index in [2.05, 4.69) is 37.3 Å². The number of allylic oxidation sites excluding steroid dienone is 8. The molecule has 0 aromatic heterocycles. The molecule has 0 saturated carbocycles. The zero-order valence-electron chi connectivity index (χ0n) is 9.30. The van der Waals surface area contributed by atoms with Crippen molar-refractivity contribution in [3.63, 3.8) is 0 Å². The van der Waals surface area contributed by atoms with Gasteiger partial charge in [-0.25, -0.2) is 0 Å². The maximum atomic E-state index is 2.30. The number of hydrogen-bond donors (Lipinski definition) is 0. The van der Waals surface area contributed by atoms with Gasteiger partial charge in [0.15, 0.2) is 0 Å². The predicted octanol–water partition coefficient (Wildman–Crippen LogP) is 3.37. The van der Waals surface area contributed by atoms with E-state index in [1.807, 2.05) is 0 Å². The van der Waals surface area contributed by atoms with Crippen molar-refractivity contribution in [1.29, 1.82) is 0 Å². The van der Waals surface area contributed by atoms with E-state index in [1.54, 1.807) is 7.76 Å². The first-order chi connectivity index (χ1) is 5.86. The topological polar surface area (TPSA) is 0 Å². The molecule has 0 aliphatic heterocycles. The van der Waals surface area contributed by atoms with E-state index >= 15 is 0 Å². The summed E-state index contributed by atoms with van der Waals surface area (Å²) < 4.78 is 3.41. The maximum absolute atomic E-state index is 2.30. The molecule has 0 aromatic carbocycles. The average Bonchev–Trinajstić information content (AvgIpc) is 2.65. The van der Waals surface area contributed by atoms with E-state index in [-0.39, 0.29) is 22.0 Å². The van der Waals surface area contributed by atoms with E-state index in [4.69, 9.17) is 0 Å². The monoisotopic (exact) mass is 194 g/mol. The van der Waals surface area contributed by atoms with Gasteiger partial charge in [0.2, 0.25) is 0 Å². The van der Waals surface area contributed by atoms with Crippen LogP contribution in [0.4, 0.5) is 0 Å². The molecule has 0 heterocycles. The summed E-state index contributed by atoms with van der Waals surface area (Å²) >= 11 is 0.0579. The fourth-order valence-corrected chi connectivity index (χ4v) is 3.51. The second kappa shape index (κ2) is 3.59. The Bertz CT molecular complexity index is 311. The standard InChI is InChI=1S/C6H7.C5H5.Ti.2H/c1-6-4-2-3-5-6;1-2-4-5-3-1;;;/h2,4H,3H2,1H3;1-3H,4H2;;;/q;;;2*-1. The molecule has 0 aromatic rings. The van der Waals surface area contributed by atoms with Gasteiger partial charge in [-0.3, -0.25) is 0 Å². The van der Waals surface area contributed by atoms with Crippen molar-refractivity contribution in [3.8, 4) is 0 Å². The summed E-state index contributed by atoms with van der Waals surface area (Å²) in [6, 6.07) is 0. The van der Waals surface area contributed by atoms with Crippen LogP contribution in [-0.4, -0.2) is 0 Å². The molecule has 0 nitrogen and oxygen atoms in total. The van der Waals surface area contributed by atoms with Crippen LogP contribution in [0.3, 0.4) is 0 Å². The molecule has 0 atom stereocenters. The molecule has 0 N–H and O–H groups in total. The minimum atomic E-state index is 0. The molecule has 0 fully saturated rings. The summed E-state index contributed by atoms with van der Waals surface area (Å²) in [5, 5.41) is 0. The van der Waals surface area contributed by atoms with Crippen LogP contribution in [0.2, 0.25) is 0 Å². The zero-order chi connectivity index (χ0) is 8.39. The fraction of sp³-hybridized carbons (Fsp3) is 0.273. The van der Waals surface area contributed by atoms with Crippen LogP contribution in [0.15, 0.2) is 43.7 Å². The first-order valence-corrected chi connectivity index (χ1v) is 5.91. The molecule has 0 radical (unpaired) electrons. The van der Waals surface area contributed by atoms with Gasteiger partial charge in [0.25, 0.3) is 0 Å². The Balaban J connectivity index is 0.000000845. The van der Waals surface area contributed by atoms with Crippen molar-refractivity contribution in [2.24, 2.45) is 0 Å². The Kier molecular flexibility index (Phi) is 2.48. The Morgan fingerprint density at radius 3 is 2.83 bits per heavy atom. The maximum Gasteiger partial charge on any atom is -1.00 e. The third kappa shape index (κ3) is 1.70. The van der Waals surface area contributed by atoms with Gasteiger partial charge in [-0.05, 0) is 0 Å². The number of hydrogen-bond acceptors (Lipinski definition) is 0. The molecule has 0 saturated heterocycles. The van der Waals surface area contributed by atoms with Crippen molar-refractivity contribution in [3.05, 3.63) is 43.7 Å². The molecule has 1 heteroatoms. The summed E-state index contributed by atoms with van der Waals surface area (Å²) in [7, 11) is 0. The Hall–Kier alpha value is -0.326. The van der Waals surface area contributed by atoms with Gasteiger partial charge in [0, 0.05) is 0 Å². The van der Waals surface area contributed by atoms with Crippen molar-refractivity contribution < 1.29 is 22.0 Å². The normalized spacial score (nSPS) is 20.6.